The maximum atomic E-state index is 7.82. The topological polar surface area (TPSA) is 143 Å². The molecule has 0 amide bonds. The molecule has 0 saturated carbocycles. The molecular formula is C24H42N6W. The molecule has 0 spiro atoms. The van der Waals surface area contributed by atoms with E-state index in [-0.39, 0.29) is 21.1 Å². The summed E-state index contributed by atoms with van der Waals surface area (Å²) in [4.78, 5) is 0. The fraction of sp³-hybridized carbons (Fsp3) is 0.750. The molecule has 0 N–H and O–H groups in total. The number of unbranched alkanes of at least 4 members (excludes halogenated alkanes) is 6. The van der Waals surface area contributed by atoms with Crippen molar-refractivity contribution in [1.29, 1.82) is 31.6 Å². The number of rotatable bonds is 6. The van der Waals surface area contributed by atoms with Gasteiger partial charge in [-0.2, -0.15) is 31.6 Å². The zero-order chi connectivity index (χ0) is 24.7. The van der Waals surface area contributed by atoms with E-state index in [4.69, 9.17) is 31.6 Å². The second-order valence-electron chi connectivity index (χ2n) is 5.45. The van der Waals surface area contributed by atoms with Crippen molar-refractivity contribution in [3.8, 4) is 36.4 Å². The number of nitriles is 6. The van der Waals surface area contributed by atoms with Crippen LogP contribution in [-0.2, 0) is 21.1 Å². The largest absolute Gasteiger partial charge is 0.198 e. The van der Waals surface area contributed by atoms with Crippen molar-refractivity contribution in [2.24, 2.45) is 0 Å². The molecular weight excluding hydrogens is 556 g/mol. The Morgan fingerprint density at radius 3 is 0.419 bits per heavy atom. The molecule has 0 saturated heterocycles. The summed E-state index contributed by atoms with van der Waals surface area (Å²) in [5.74, 6) is 0. The minimum atomic E-state index is 0. The van der Waals surface area contributed by atoms with Gasteiger partial charge in [0.2, 0.25) is 0 Å². The first-order chi connectivity index (χ1) is 14.5. The van der Waals surface area contributed by atoms with E-state index in [0.717, 1.165) is 38.5 Å². The summed E-state index contributed by atoms with van der Waals surface area (Å²) < 4.78 is 0. The van der Waals surface area contributed by atoms with Crippen molar-refractivity contribution < 1.29 is 21.1 Å². The number of hydrogen-bond acceptors (Lipinski definition) is 6. The molecule has 0 unspecified atom stereocenters. The summed E-state index contributed by atoms with van der Waals surface area (Å²) in [5, 5.41) is 46.9. The van der Waals surface area contributed by atoms with E-state index in [1.807, 2.05) is 78.0 Å². The van der Waals surface area contributed by atoms with Crippen molar-refractivity contribution in [1.82, 2.24) is 0 Å². The Labute approximate surface area is 207 Å². The molecule has 0 aliphatic rings. The van der Waals surface area contributed by atoms with Crippen molar-refractivity contribution in [2.75, 3.05) is 0 Å². The average Bonchev–Trinajstić information content (AvgIpc) is 2.74. The first kappa shape index (κ1) is 46.7. The monoisotopic (exact) mass is 598 g/mol. The van der Waals surface area contributed by atoms with E-state index in [2.05, 4.69) is 0 Å². The minimum absolute atomic E-state index is 0. The van der Waals surface area contributed by atoms with Crippen LogP contribution in [0.2, 0.25) is 0 Å². The van der Waals surface area contributed by atoms with Crippen molar-refractivity contribution >= 4 is 0 Å². The smallest absolute Gasteiger partial charge is 0.0621 e. The quantitative estimate of drug-likeness (QED) is 0.305. The first-order valence-electron chi connectivity index (χ1n) is 10.7. The van der Waals surface area contributed by atoms with Gasteiger partial charge in [-0.15, -0.1) is 0 Å². The summed E-state index contributed by atoms with van der Waals surface area (Å²) in [6, 6.07) is 12.1. The summed E-state index contributed by atoms with van der Waals surface area (Å²) in [5.41, 5.74) is 0. The van der Waals surface area contributed by atoms with Crippen LogP contribution in [0.5, 0.6) is 0 Å². The first-order valence-corrected chi connectivity index (χ1v) is 10.7. The van der Waals surface area contributed by atoms with E-state index in [9.17, 15) is 0 Å². The second-order valence-corrected chi connectivity index (χ2v) is 5.45. The predicted molar refractivity (Wildman–Crippen MR) is 123 cm³/mol. The predicted octanol–water partition coefficient (Wildman–Crippen LogP) is 7.86. The normalized spacial score (nSPS) is 6.19. The van der Waals surface area contributed by atoms with Crippen molar-refractivity contribution in [3.05, 3.63) is 0 Å². The molecule has 6 nitrogen and oxygen atoms in total. The third-order valence-corrected chi connectivity index (χ3v) is 2.17. The Bertz CT molecular complexity index is 383. The number of hydrogen-bond donors (Lipinski definition) is 0. The van der Waals surface area contributed by atoms with Crippen LogP contribution in [-0.4, -0.2) is 0 Å². The van der Waals surface area contributed by atoms with Crippen LogP contribution in [0.1, 0.15) is 119 Å². The van der Waals surface area contributed by atoms with E-state index >= 15 is 0 Å². The molecule has 0 bridgehead atoms. The molecule has 0 aromatic carbocycles. The van der Waals surface area contributed by atoms with Crippen LogP contribution in [0.15, 0.2) is 0 Å². The molecule has 0 aliphatic carbocycles. The Morgan fingerprint density at radius 1 is 0.323 bits per heavy atom. The molecule has 0 aromatic rings. The van der Waals surface area contributed by atoms with Crippen LogP contribution in [0.3, 0.4) is 0 Å². The Hall–Kier alpha value is -2.37. The minimum Gasteiger partial charge on any atom is -0.198 e. The summed E-state index contributed by atoms with van der Waals surface area (Å²) in [6.07, 6.45) is 10.1. The molecule has 7 heteroatoms. The third-order valence-electron chi connectivity index (χ3n) is 2.17. The number of nitrogens with zero attached hydrogens (tertiary/aromatic N) is 6. The van der Waals surface area contributed by atoms with Crippen LogP contribution in [0, 0.1) is 68.0 Å². The van der Waals surface area contributed by atoms with Gasteiger partial charge in [0.15, 0.2) is 0 Å². The molecule has 174 valence electrons. The van der Waals surface area contributed by atoms with Gasteiger partial charge in [0.25, 0.3) is 0 Å². The fourth-order valence-electron chi connectivity index (χ4n) is 0.671. The van der Waals surface area contributed by atoms with Gasteiger partial charge in [0.05, 0.1) is 36.4 Å². The Morgan fingerprint density at radius 2 is 0.419 bits per heavy atom. The molecule has 31 heavy (non-hydrogen) atoms. The Balaban J connectivity index is -0.0000000443. The standard InChI is InChI=1S/6C4H7N.W/c6*1-2-3-4-5;/h6*2-3H2,1H3;. The van der Waals surface area contributed by atoms with Gasteiger partial charge in [-0.25, -0.2) is 0 Å². The van der Waals surface area contributed by atoms with E-state index in [1.54, 1.807) is 0 Å². The summed E-state index contributed by atoms with van der Waals surface area (Å²) in [6.45, 7) is 11.9. The molecule has 0 fully saturated rings. The zero-order valence-electron chi connectivity index (χ0n) is 20.6. The molecule has 0 rings (SSSR count). The van der Waals surface area contributed by atoms with Crippen LogP contribution in [0.4, 0.5) is 0 Å². The maximum Gasteiger partial charge on any atom is 0.0621 e. The summed E-state index contributed by atoms with van der Waals surface area (Å²) >= 11 is 0. The van der Waals surface area contributed by atoms with Crippen molar-refractivity contribution in [2.45, 2.75) is 119 Å². The van der Waals surface area contributed by atoms with Gasteiger partial charge in [0, 0.05) is 59.6 Å². The van der Waals surface area contributed by atoms with Gasteiger partial charge in [-0.05, 0) is 38.5 Å². The third kappa shape index (κ3) is 196. The maximum absolute atomic E-state index is 7.82. The molecule has 0 aromatic heterocycles. The van der Waals surface area contributed by atoms with Gasteiger partial charge in [-0.1, -0.05) is 41.5 Å². The molecule has 0 heterocycles. The second kappa shape index (κ2) is 80.2. The molecule has 0 radical (unpaired) electrons. The fourth-order valence-corrected chi connectivity index (χ4v) is 0.671. The molecule has 0 atom stereocenters. The molecule has 0 aliphatic heterocycles. The Kier molecular flexibility index (Phi) is 121. The zero-order valence-corrected chi connectivity index (χ0v) is 23.5. The van der Waals surface area contributed by atoms with Gasteiger partial charge < -0.3 is 0 Å². The van der Waals surface area contributed by atoms with Crippen LogP contribution >= 0.6 is 0 Å². The van der Waals surface area contributed by atoms with E-state index in [1.165, 1.54) is 0 Å². The van der Waals surface area contributed by atoms with Crippen LogP contribution in [0.25, 0.3) is 0 Å². The van der Waals surface area contributed by atoms with E-state index < -0.39 is 0 Å². The van der Waals surface area contributed by atoms with Gasteiger partial charge in [-0.3, -0.25) is 0 Å². The summed E-state index contributed by atoms with van der Waals surface area (Å²) in [7, 11) is 0. The van der Waals surface area contributed by atoms with Gasteiger partial charge >= 0.3 is 0 Å². The van der Waals surface area contributed by atoms with E-state index in [0.29, 0.717) is 38.5 Å². The average molecular weight is 598 g/mol. The van der Waals surface area contributed by atoms with Gasteiger partial charge in [0.1, 0.15) is 0 Å². The SMILES string of the molecule is CCCC#N.CCCC#N.CCCC#N.CCCC#N.CCCC#N.CCCC#N.[W]. The van der Waals surface area contributed by atoms with Crippen LogP contribution < -0.4 is 0 Å². The van der Waals surface area contributed by atoms with Crippen molar-refractivity contribution in [3.63, 3.8) is 0 Å².